The standard InChI is InChI=1S/C15H26N2O/c1-4-17(10-8-16)9-5-11-18-15-12-13(2)6-7-14(15)3/h6-7,12H,4-5,8-11,16H2,1-3H3. The number of rotatable bonds is 8. The van der Waals surface area contributed by atoms with E-state index in [9.17, 15) is 0 Å². The van der Waals surface area contributed by atoms with Crippen LogP contribution in [0.2, 0.25) is 0 Å². The summed E-state index contributed by atoms with van der Waals surface area (Å²) >= 11 is 0. The second-order valence-electron chi connectivity index (χ2n) is 4.69. The number of aryl methyl sites for hydroxylation is 2. The van der Waals surface area contributed by atoms with Gasteiger partial charge in [-0.25, -0.2) is 0 Å². The van der Waals surface area contributed by atoms with Gasteiger partial charge in [0.15, 0.2) is 0 Å². The zero-order valence-corrected chi connectivity index (χ0v) is 11.9. The maximum Gasteiger partial charge on any atom is 0.122 e. The maximum absolute atomic E-state index is 5.83. The van der Waals surface area contributed by atoms with Gasteiger partial charge in [0.05, 0.1) is 6.61 Å². The molecule has 0 aliphatic heterocycles. The molecule has 1 aromatic rings. The molecule has 0 aromatic heterocycles. The zero-order valence-electron chi connectivity index (χ0n) is 11.9. The Morgan fingerprint density at radius 1 is 1.22 bits per heavy atom. The van der Waals surface area contributed by atoms with Crippen LogP contribution in [0, 0.1) is 13.8 Å². The monoisotopic (exact) mass is 250 g/mol. The fraction of sp³-hybridized carbons (Fsp3) is 0.600. The Morgan fingerprint density at radius 2 is 2.00 bits per heavy atom. The maximum atomic E-state index is 5.83. The summed E-state index contributed by atoms with van der Waals surface area (Å²) in [4.78, 5) is 2.35. The molecule has 0 unspecified atom stereocenters. The van der Waals surface area contributed by atoms with Gasteiger partial charge in [0, 0.05) is 19.6 Å². The number of ether oxygens (including phenoxy) is 1. The molecule has 0 aliphatic rings. The Balaban J connectivity index is 2.31. The lowest BCUT2D eigenvalue weighted by atomic mass is 10.1. The van der Waals surface area contributed by atoms with Gasteiger partial charge in [-0.15, -0.1) is 0 Å². The minimum atomic E-state index is 0.728. The van der Waals surface area contributed by atoms with Gasteiger partial charge in [-0.2, -0.15) is 0 Å². The topological polar surface area (TPSA) is 38.5 Å². The number of hydrogen-bond donors (Lipinski definition) is 1. The highest BCUT2D eigenvalue weighted by Crippen LogP contribution is 2.19. The van der Waals surface area contributed by atoms with Crippen molar-refractivity contribution in [2.75, 3.05) is 32.8 Å². The van der Waals surface area contributed by atoms with Gasteiger partial charge in [0.1, 0.15) is 5.75 Å². The summed E-state index contributed by atoms with van der Waals surface area (Å²) in [6.07, 6.45) is 1.04. The van der Waals surface area contributed by atoms with Gasteiger partial charge < -0.3 is 15.4 Å². The number of hydrogen-bond acceptors (Lipinski definition) is 3. The normalized spacial score (nSPS) is 10.9. The lowest BCUT2D eigenvalue weighted by Crippen LogP contribution is -2.30. The summed E-state index contributed by atoms with van der Waals surface area (Å²) < 4.78 is 5.83. The molecule has 0 saturated carbocycles. The lowest BCUT2D eigenvalue weighted by molar-refractivity contribution is 0.245. The van der Waals surface area contributed by atoms with E-state index in [1.807, 2.05) is 0 Å². The molecule has 0 spiro atoms. The van der Waals surface area contributed by atoms with E-state index in [0.29, 0.717) is 0 Å². The van der Waals surface area contributed by atoms with E-state index in [1.165, 1.54) is 11.1 Å². The van der Waals surface area contributed by atoms with Gasteiger partial charge in [-0.1, -0.05) is 19.1 Å². The number of nitrogens with zero attached hydrogens (tertiary/aromatic N) is 1. The van der Waals surface area contributed by atoms with Crippen molar-refractivity contribution < 1.29 is 4.74 Å². The second kappa shape index (κ2) is 8.11. The first-order valence-corrected chi connectivity index (χ1v) is 6.79. The molecule has 1 aromatic carbocycles. The van der Waals surface area contributed by atoms with E-state index in [2.05, 4.69) is 43.9 Å². The molecule has 0 radical (unpaired) electrons. The average Bonchev–Trinajstić information content (AvgIpc) is 2.37. The first kappa shape index (κ1) is 15.0. The highest BCUT2D eigenvalue weighted by molar-refractivity contribution is 5.35. The molecule has 0 bridgehead atoms. The molecular formula is C15H26N2O. The minimum Gasteiger partial charge on any atom is -0.493 e. The van der Waals surface area contributed by atoms with Gasteiger partial charge in [0.2, 0.25) is 0 Å². The first-order valence-electron chi connectivity index (χ1n) is 6.79. The fourth-order valence-corrected chi connectivity index (χ4v) is 1.94. The van der Waals surface area contributed by atoms with E-state index < -0.39 is 0 Å². The van der Waals surface area contributed by atoms with E-state index in [0.717, 1.165) is 45.0 Å². The largest absolute Gasteiger partial charge is 0.493 e. The van der Waals surface area contributed by atoms with Crippen LogP contribution in [0.1, 0.15) is 24.5 Å². The number of likely N-dealkylation sites (N-methyl/N-ethyl adjacent to an activating group) is 1. The van der Waals surface area contributed by atoms with Gasteiger partial charge in [-0.05, 0) is 44.0 Å². The Labute approximate surface area is 111 Å². The van der Waals surface area contributed by atoms with Crippen LogP contribution in [0.15, 0.2) is 18.2 Å². The van der Waals surface area contributed by atoms with Gasteiger partial charge >= 0.3 is 0 Å². The molecule has 102 valence electrons. The summed E-state index contributed by atoms with van der Waals surface area (Å²) in [5, 5.41) is 0. The summed E-state index contributed by atoms with van der Waals surface area (Å²) in [5.41, 5.74) is 8.01. The van der Waals surface area contributed by atoms with E-state index >= 15 is 0 Å². The fourth-order valence-electron chi connectivity index (χ4n) is 1.94. The average molecular weight is 250 g/mol. The predicted molar refractivity (Wildman–Crippen MR) is 77.2 cm³/mol. The summed E-state index contributed by atoms with van der Waals surface area (Å²) in [6, 6.07) is 6.33. The van der Waals surface area contributed by atoms with Crippen molar-refractivity contribution in [1.82, 2.24) is 4.90 Å². The summed E-state index contributed by atoms with van der Waals surface area (Å²) in [7, 11) is 0. The third-order valence-electron chi connectivity index (χ3n) is 3.11. The predicted octanol–water partition coefficient (Wildman–Crippen LogP) is 2.35. The Bertz CT molecular complexity index is 352. The molecule has 18 heavy (non-hydrogen) atoms. The van der Waals surface area contributed by atoms with Crippen LogP contribution in [-0.2, 0) is 0 Å². The van der Waals surface area contributed by atoms with Crippen LogP contribution in [-0.4, -0.2) is 37.7 Å². The van der Waals surface area contributed by atoms with Crippen molar-refractivity contribution in [1.29, 1.82) is 0 Å². The Morgan fingerprint density at radius 3 is 2.67 bits per heavy atom. The molecule has 2 N–H and O–H groups in total. The van der Waals surface area contributed by atoms with Crippen molar-refractivity contribution in [3.05, 3.63) is 29.3 Å². The highest BCUT2D eigenvalue weighted by atomic mass is 16.5. The third kappa shape index (κ3) is 5.07. The third-order valence-corrected chi connectivity index (χ3v) is 3.11. The summed E-state index contributed by atoms with van der Waals surface area (Å²) in [5.74, 6) is 1.01. The summed E-state index contributed by atoms with van der Waals surface area (Å²) in [6.45, 7) is 10.9. The highest BCUT2D eigenvalue weighted by Gasteiger charge is 2.02. The molecule has 0 aliphatic carbocycles. The minimum absolute atomic E-state index is 0.728. The van der Waals surface area contributed by atoms with Crippen molar-refractivity contribution >= 4 is 0 Å². The van der Waals surface area contributed by atoms with Crippen LogP contribution in [0.3, 0.4) is 0 Å². The van der Waals surface area contributed by atoms with Crippen LogP contribution in [0.25, 0.3) is 0 Å². The molecule has 3 heteroatoms. The van der Waals surface area contributed by atoms with Crippen molar-refractivity contribution in [2.45, 2.75) is 27.2 Å². The van der Waals surface area contributed by atoms with Crippen molar-refractivity contribution in [3.63, 3.8) is 0 Å². The molecule has 3 nitrogen and oxygen atoms in total. The molecule has 0 saturated heterocycles. The molecule has 0 fully saturated rings. The molecule has 0 heterocycles. The smallest absolute Gasteiger partial charge is 0.122 e. The second-order valence-corrected chi connectivity index (χ2v) is 4.69. The first-order chi connectivity index (χ1) is 8.67. The van der Waals surface area contributed by atoms with E-state index in [4.69, 9.17) is 10.5 Å². The Hall–Kier alpha value is -1.06. The van der Waals surface area contributed by atoms with Crippen LogP contribution in [0.5, 0.6) is 5.75 Å². The van der Waals surface area contributed by atoms with Gasteiger partial charge in [0.25, 0.3) is 0 Å². The number of benzene rings is 1. The van der Waals surface area contributed by atoms with Crippen molar-refractivity contribution in [3.8, 4) is 5.75 Å². The van der Waals surface area contributed by atoms with Crippen LogP contribution < -0.4 is 10.5 Å². The van der Waals surface area contributed by atoms with Gasteiger partial charge in [-0.3, -0.25) is 0 Å². The Kier molecular flexibility index (Phi) is 6.76. The molecule has 0 amide bonds. The van der Waals surface area contributed by atoms with Crippen LogP contribution in [0.4, 0.5) is 0 Å². The van der Waals surface area contributed by atoms with Crippen molar-refractivity contribution in [2.24, 2.45) is 5.73 Å². The zero-order chi connectivity index (χ0) is 13.4. The molecule has 0 atom stereocenters. The molecular weight excluding hydrogens is 224 g/mol. The quantitative estimate of drug-likeness (QED) is 0.720. The molecule has 1 rings (SSSR count). The number of nitrogens with two attached hydrogens (primary N) is 1. The van der Waals surface area contributed by atoms with E-state index in [-0.39, 0.29) is 0 Å². The van der Waals surface area contributed by atoms with Crippen LogP contribution >= 0.6 is 0 Å². The van der Waals surface area contributed by atoms with E-state index in [1.54, 1.807) is 0 Å². The lowest BCUT2D eigenvalue weighted by Gasteiger charge is -2.19. The SMILES string of the molecule is CCN(CCN)CCCOc1cc(C)ccc1C.